The van der Waals surface area contributed by atoms with Crippen LogP contribution in [0.25, 0.3) is 10.9 Å². The van der Waals surface area contributed by atoms with E-state index in [1.165, 1.54) is 12.1 Å². The first-order valence-corrected chi connectivity index (χ1v) is 10.8. The highest BCUT2D eigenvalue weighted by molar-refractivity contribution is 5.90. The number of aromatic nitrogens is 1. The zero-order chi connectivity index (χ0) is 24.6. The van der Waals surface area contributed by atoms with E-state index in [2.05, 4.69) is 5.18 Å². The summed E-state index contributed by atoms with van der Waals surface area (Å²) in [6.45, 7) is 3.76. The fraction of sp³-hybridized carbons (Fsp3) is 0.375. The summed E-state index contributed by atoms with van der Waals surface area (Å²) in [6, 6.07) is 8.82. The van der Waals surface area contributed by atoms with Gasteiger partial charge in [-0.3, -0.25) is 4.79 Å². The number of alkyl halides is 3. The van der Waals surface area contributed by atoms with Gasteiger partial charge >= 0.3 is 6.18 Å². The van der Waals surface area contributed by atoms with Crippen LogP contribution in [0.2, 0.25) is 0 Å². The molecule has 180 valence electrons. The summed E-state index contributed by atoms with van der Waals surface area (Å²) in [7, 11) is 0. The fourth-order valence-electron chi connectivity index (χ4n) is 4.36. The molecule has 0 saturated heterocycles. The maximum atomic E-state index is 13.5. The molecular weight excluding hydrogens is 453 g/mol. The Bertz CT molecular complexity index is 1250. The number of nitroso groups, excluding NO2 is 1. The predicted octanol–water partition coefficient (Wildman–Crippen LogP) is 5.90. The van der Waals surface area contributed by atoms with Crippen LogP contribution < -0.4 is 9.47 Å². The average Bonchev–Trinajstić information content (AvgIpc) is 3.31. The van der Waals surface area contributed by atoms with Crippen LogP contribution in [-0.2, 0) is 24.1 Å². The third kappa shape index (κ3) is 4.57. The van der Waals surface area contributed by atoms with Gasteiger partial charge < -0.3 is 19.1 Å². The summed E-state index contributed by atoms with van der Waals surface area (Å²) in [5.74, 6) is -0.954. The summed E-state index contributed by atoms with van der Waals surface area (Å²) < 4.78 is 53.3. The highest BCUT2D eigenvalue weighted by atomic mass is 19.4. The molecule has 4 rings (SSSR count). The van der Waals surface area contributed by atoms with Crippen molar-refractivity contribution in [2.75, 3.05) is 0 Å². The van der Waals surface area contributed by atoms with E-state index < -0.39 is 23.8 Å². The Labute approximate surface area is 193 Å². The molecule has 10 heteroatoms. The molecule has 1 unspecified atom stereocenters. The van der Waals surface area contributed by atoms with Crippen molar-refractivity contribution in [3.8, 4) is 17.2 Å². The first-order valence-electron chi connectivity index (χ1n) is 10.8. The minimum Gasteiger partial charge on any atom is -0.505 e. The Morgan fingerprint density at radius 1 is 1.24 bits per heavy atom. The van der Waals surface area contributed by atoms with E-state index in [4.69, 9.17) is 9.47 Å². The lowest BCUT2D eigenvalue weighted by atomic mass is 9.99. The zero-order valence-electron chi connectivity index (χ0n) is 18.6. The molecule has 34 heavy (non-hydrogen) atoms. The van der Waals surface area contributed by atoms with Crippen molar-refractivity contribution in [2.24, 2.45) is 5.18 Å². The Kier molecular flexibility index (Phi) is 6.24. The van der Waals surface area contributed by atoms with Crippen LogP contribution in [0.4, 0.5) is 13.2 Å². The number of nitrogens with zero attached hydrogens (tertiary/aromatic N) is 2. The van der Waals surface area contributed by atoms with Crippen molar-refractivity contribution in [3.05, 3.63) is 58.1 Å². The van der Waals surface area contributed by atoms with Crippen molar-refractivity contribution in [1.82, 2.24) is 4.57 Å². The van der Waals surface area contributed by atoms with E-state index in [1.54, 1.807) is 32.0 Å². The van der Waals surface area contributed by atoms with Crippen molar-refractivity contribution >= 4 is 16.8 Å². The lowest BCUT2D eigenvalue weighted by Gasteiger charge is -2.17. The van der Waals surface area contributed by atoms with E-state index in [-0.39, 0.29) is 30.4 Å². The number of fused-ring (bicyclic) bond motifs is 3. The normalized spacial score (nSPS) is 15.5. The molecule has 0 saturated carbocycles. The summed E-state index contributed by atoms with van der Waals surface area (Å²) in [5.41, 5.74) is 0.750. The lowest BCUT2D eigenvalue weighted by Crippen LogP contribution is -2.13. The topological polar surface area (TPSA) is 90.1 Å². The summed E-state index contributed by atoms with van der Waals surface area (Å²) in [6.07, 6.45) is -4.44. The number of carbonyl (C=O) groups is 1. The standard InChI is InChI=1S/C24H23F3N2O5/c1-13(2)34-20-6-3-14(9-18(20)24(25,26)27)12-33-16-4-5-19-17(11-16)23(31)22-15(7-8-29(19)22)10-21(30)28-32/h3-6,9,11,13,15,31H,7-8,10,12H2,1-2H3. The molecule has 0 spiro atoms. The summed E-state index contributed by atoms with van der Waals surface area (Å²) in [5, 5.41) is 13.7. The molecule has 0 bridgehead atoms. The van der Waals surface area contributed by atoms with Crippen LogP contribution >= 0.6 is 0 Å². The van der Waals surface area contributed by atoms with Crippen LogP contribution in [0.1, 0.15) is 49.4 Å². The largest absolute Gasteiger partial charge is 0.505 e. The molecule has 1 aliphatic rings. The molecule has 2 heterocycles. The molecule has 0 radical (unpaired) electrons. The van der Waals surface area contributed by atoms with Crippen molar-refractivity contribution < 1.29 is 32.5 Å². The Hall–Kier alpha value is -3.56. The molecule has 1 amide bonds. The first kappa shape index (κ1) is 23.6. The third-order valence-corrected chi connectivity index (χ3v) is 5.78. The molecule has 7 nitrogen and oxygen atoms in total. The van der Waals surface area contributed by atoms with Crippen LogP contribution in [0.3, 0.4) is 0 Å². The highest BCUT2D eigenvalue weighted by Crippen LogP contribution is 2.45. The molecule has 3 aromatic rings. The maximum Gasteiger partial charge on any atom is 0.419 e. The second kappa shape index (κ2) is 9.00. The van der Waals surface area contributed by atoms with Crippen LogP contribution in [-0.4, -0.2) is 21.7 Å². The van der Waals surface area contributed by atoms with Gasteiger partial charge in [-0.1, -0.05) is 6.07 Å². The molecule has 1 aromatic heterocycles. The number of aryl methyl sites for hydroxylation is 1. The maximum absolute atomic E-state index is 13.5. The average molecular weight is 476 g/mol. The SMILES string of the molecule is CC(C)Oc1ccc(COc2ccc3c(c2)c(O)c2n3CCC2CC(=O)N=O)cc1C(F)(F)F. The second-order valence-electron chi connectivity index (χ2n) is 8.52. The van der Waals surface area contributed by atoms with Gasteiger partial charge in [0, 0.05) is 29.4 Å². The number of benzene rings is 2. The van der Waals surface area contributed by atoms with Gasteiger partial charge in [-0.15, -0.1) is 4.91 Å². The molecule has 1 N–H and O–H groups in total. The van der Waals surface area contributed by atoms with Gasteiger partial charge in [-0.2, -0.15) is 13.2 Å². The highest BCUT2D eigenvalue weighted by Gasteiger charge is 2.35. The van der Waals surface area contributed by atoms with Gasteiger partial charge in [0.05, 0.1) is 22.9 Å². The number of ether oxygens (including phenoxy) is 2. The van der Waals surface area contributed by atoms with Gasteiger partial charge in [0.25, 0.3) is 5.91 Å². The molecule has 0 fully saturated rings. The second-order valence-corrected chi connectivity index (χ2v) is 8.52. The number of aromatic hydroxyl groups is 1. The van der Waals surface area contributed by atoms with Crippen LogP contribution in [0, 0.1) is 4.91 Å². The molecule has 1 atom stereocenters. The van der Waals surface area contributed by atoms with Gasteiger partial charge in [0.15, 0.2) is 0 Å². The number of carbonyl (C=O) groups excluding carboxylic acids is 1. The number of hydrogen-bond acceptors (Lipinski definition) is 5. The molecule has 0 aliphatic carbocycles. The van der Waals surface area contributed by atoms with Gasteiger partial charge in [0.2, 0.25) is 0 Å². The van der Waals surface area contributed by atoms with Crippen molar-refractivity contribution in [2.45, 2.75) is 58.0 Å². The number of hydrogen-bond donors (Lipinski definition) is 1. The molecule has 2 aromatic carbocycles. The van der Waals surface area contributed by atoms with Crippen molar-refractivity contribution in [3.63, 3.8) is 0 Å². The fourth-order valence-corrected chi connectivity index (χ4v) is 4.36. The Balaban J connectivity index is 1.56. The molecular formula is C24H23F3N2O5. The molecule has 1 aliphatic heterocycles. The number of halogens is 3. The third-order valence-electron chi connectivity index (χ3n) is 5.78. The quantitative estimate of drug-likeness (QED) is 0.429. The van der Waals surface area contributed by atoms with E-state index in [0.717, 1.165) is 11.6 Å². The van der Waals surface area contributed by atoms with Gasteiger partial charge in [0.1, 0.15) is 23.9 Å². The smallest absolute Gasteiger partial charge is 0.419 e. The van der Waals surface area contributed by atoms with E-state index in [1.807, 2.05) is 4.57 Å². The zero-order valence-corrected chi connectivity index (χ0v) is 18.6. The number of rotatable bonds is 7. The van der Waals surface area contributed by atoms with Crippen molar-refractivity contribution in [1.29, 1.82) is 0 Å². The van der Waals surface area contributed by atoms with Gasteiger partial charge in [-0.05, 0) is 56.2 Å². The Morgan fingerprint density at radius 3 is 2.68 bits per heavy atom. The monoisotopic (exact) mass is 476 g/mol. The van der Waals surface area contributed by atoms with E-state index in [9.17, 15) is 28.0 Å². The van der Waals surface area contributed by atoms with E-state index in [0.29, 0.717) is 35.4 Å². The Morgan fingerprint density at radius 2 is 2.00 bits per heavy atom. The lowest BCUT2D eigenvalue weighted by molar-refractivity contribution is -0.139. The summed E-state index contributed by atoms with van der Waals surface area (Å²) in [4.78, 5) is 22.0. The minimum atomic E-state index is -4.57. The van der Waals surface area contributed by atoms with E-state index >= 15 is 0 Å². The minimum absolute atomic E-state index is 0.00352. The summed E-state index contributed by atoms with van der Waals surface area (Å²) >= 11 is 0. The van der Waals surface area contributed by atoms with Gasteiger partial charge in [-0.25, -0.2) is 0 Å². The van der Waals surface area contributed by atoms with Crippen LogP contribution in [0.5, 0.6) is 17.2 Å². The number of amides is 1. The van der Waals surface area contributed by atoms with Crippen LogP contribution in [0.15, 0.2) is 41.6 Å². The first-order chi connectivity index (χ1) is 16.1. The predicted molar refractivity (Wildman–Crippen MR) is 118 cm³/mol.